The van der Waals surface area contributed by atoms with Crippen LogP contribution in [0.5, 0.6) is 0 Å². The Morgan fingerprint density at radius 2 is 1.89 bits per heavy atom. The van der Waals surface area contributed by atoms with Crippen molar-refractivity contribution in [2.75, 3.05) is 13.2 Å². The standard InChI is InChI=1S/C12H16ClF3N2O/c13-10-3-1-9(2-4-10)7-11(18-17)5-6-19-8-12(14,15)16/h1-4,11,18H,5-8,17H2. The molecule has 1 aromatic rings. The molecule has 0 aliphatic rings. The number of nitrogens with one attached hydrogen (secondary N) is 1. The number of halogens is 4. The summed E-state index contributed by atoms with van der Waals surface area (Å²) in [5.41, 5.74) is 3.57. The predicted molar refractivity (Wildman–Crippen MR) is 67.8 cm³/mol. The quantitative estimate of drug-likeness (QED) is 0.462. The minimum atomic E-state index is -4.29. The van der Waals surface area contributed by atoms with Crippen LogP contribution < -0.4 is 11.3 Å². The van der Waals surface area contributed by atoms with Gasteiger partial charge in [0.1, 0.15) is 6.61 Å². The summed E-state index contributed by atoms with van der Waals surface area (Å²) in [5, 5.41) is 0.634. The molecule has 0 heterocycles. The molecule has 0 saturated carbocycles. The van der Waals surface area contributed by atoms with Crippen LogP contribution in [-0.4, -0.2) is 25.4 Å². The van der Waals surface area contributed by atoms with Crippen LogP contribution in [0.25, 0.3) is 0 Å². The first kappa shape index (κ1) is 16.2. The Balaban J connectivity index is 2.31. The molecule has 0 aliphatic carbocycles. The molecular formula is C12H16ClF3N2O. The van der Waals surface area contributed by atoms with Gasteiger partial charge >= 0.3 is 6.18 Å². The van der Waals surface area contributed by atoms with Crippen LogP contribution in [-0.2, 0) is 11.2 Å². The summed E-state index contributed by atoms with van der Waals surface area (Å²) in [4.78, 5) is 0. The van der Waals surface area contributed by atoms with E-state index in [1.54, 1.807) is 12.1 Å². The van der Waals surface area contributed by atoms with Gasteiger partial charge in [-0.3, -0.25) is 11.3 Å². The van der Waals surface area contributed by atoms with Crippen molar-refractivity contribution in [3.8, 4) is 0 Å². The van der Waals surface area contributed by atoms with E-state index in [-0.39, 0.29) is 12.6 Å². The van der Waals surface area contributed by atoms with E-state index in [1.807, 2.05) is 12.1 Å². The lowest BCUT2D eigenvalue weighted by atomic mass is 10.0. The minimum Gasteiger partial charge on any atom is -0.372 e. The SMILES string of the molecule is NNC(CCOCC(F)(F)F)Cc1ccc(Cl)cc1. The number of benzene rings is 1. The van der Waals surface area contributed by atoms with E-state index < -0.39 is 12.8 Å². The van der Waals surface area contributed by atoms with Crippen LogP contribution in [0, 0.1) is 0 Å². The molecule has 0 aliphatic heterocycles. The molecule has 3 nitrogen and oxygen atoms in total. The molecule has 1 rings (SSSR count). The van der Waals surface area contributed by atoms with Crippen molar-refractivity contribution in [1.82, 2.24) is 5.43 Å². The molecule has 0 aromatic heterocycles. The first-order valence-corrected chi connectivity index (χ1v) is 6.13. The van der Waals surface area contributed by atoms with Gasteiger partial charge in [-0.05, 0) is 30.5 Å². The smallest absolute Gasteiger partial charge is 0.372 e. The summed E-state index contributed by atoms with van der Waals surface area (Å²) >= 11 is 5.76. The number of nitrogens with two attached hydrogens (primary N) is 1. The van der Waals surface area contributed by atoms with Crippen molar-refractivity contribution in [3.63, 3.8) is 0 Å². The Hall–Kier alpha value is -0.820. The number of rotatable bonds is 7. The van der Waals surface area contributed by atoms with Gasteiger partial charge in [0.2, 0.25) is 0 Å². The summed E-state index contributed by atoms with van der Waals surface area (Å²) in [5.74, 6) is 5.36. The zero-order valence-corrected chi connectivity index (χ0v) is 11.0. The Bertz CT molecular complexity index is 370. The van der Waals surface area contributed by atoms with Gasteiger partial charge in [-0.1, -0.05) is 23.7 Å². The number of alkyl halides is 3. The van der Waals surface area contributed by atoms with Crippen LogP contribution >= 0.6 is 11.6 Å². The van der Waals surface area contributed by atoms with Crippen LogP contribution in [0.3, 0.4) is 0 Å². The van der Waals surface area contributed by atoms with Gasteiger partial charge in [0.15, 0.2) is 0 Å². The molecular weight excluding hydrogens is 281 g/mol. The topological polar surface area (TPSA) is 47.3 Å². The van der Waals surface area contributed by atoms with E-state index in [1.165, 1.54) is 0 Å². The fraction of sp³-hybridized carbons (Fsp3) is 0.500. The highest BCUT2D eigenvalue weighted by Crippen LogP contribution is 2.15. The van der Waals surface area contributed by atoms with Crippen LogP contribution in [0.15, 0.2) is 24.3 Å². The molecule has 108 valence electrons. The fourth-order valence-corrected chi connectivity index (χ4v) is 1.69. The highest BCUT2D eigenvalue weighted by molar-refractivity contribution is 6.30. The van der Waals surface area contributed by atoms with Gasteiger partial charge in [0.05, 0.1) is 0 Å². The van der Waals surface area contributed by atoms with Gasteiger partial charge in [0, 0.05) is 17.7 Å². The third-order valence-corrected chi connectivity index (χ3v) is 2.76. The van der Waals surface area contributed by atoms with Crippen molar-refractivity contribution in [3.05, 3.63) is 34.9 Å². The second-order valence-electron chi connectivity index (χ2n) is 4.15. The molecule has 7 heteroatoms. The number of hydrogen-bond donors (Lipinski definition) is 2. The molecule has 0 saturated heterocycles. The van der Waals surface area contributed by atoms with Gasteiger partial charge < -0.3 is 4.74 Å². The highest BCUT2D eigenvalue weighted by Gasteiger charge is 2.27. The van der Waals surface area contributed by atoms with Crippen molar-refractivity contribution >= 4 is 11.6 Å². The summed E-state index contributed by atoms with van der Waals surface area (Å²) in [6.45, 7) is -1.23. The minimum absolute atomic E-state index is 0.00195. The third-order valence-electron chi connectivity index (χ3n) is 2.51. The molecule has 1 aromatic carbocycles. The maximum absolute atomic E-state index is 11.9. The lowest BCUT2D eigenvalue weighted by molar-refractivity contribution is -0.174. The Kier molecular flexibility index (Phi) is 6.57. The van der Waals surface area contributed by atoms with Crippen LogP contribution in [0.1, 0.15) is 12.0 Å². The van der Waals surface area contributed by atoms with Crippen molar-refractivity contribution in [1.29, 1.82) is 0 Å². The maximum Gasteiger partial charge on any atom is 0.411 e. The lowest BCUT2D eigenvalue weighted by Gasteiger charge is -2.16. The third kappa shape index (κ3) is 7.37. The fourth-order valence-electron chi connectivity index (χ4n) is 1.56. The zero-order valence-electron chi connectivity index (χ0n) is 10.2. The monoisotopic (exact) mass is 296 g/mol. The average molecular weight is 297 g/mol. The predicted octanol–water partition coefficient (Wildman–Crippen LogP) is 2.68. The molecule has 19 heavy (non-hydrogen) atoms. The largest absolute Gasteiger partial charge is 0.411 e. The summed E-state index contributed by atoms with van der Waals surface area (Å²) in [7, 11) is 0. The zero-order chi connectivity index (χ0) is 14.3. The van der Waals surface area contributed by atoms with Gasteiger partial charge in [-0.25, -0.2) is 0 Å². The lowest BCUT2D eigenvalue weighted by Crippen LogP contribution is -2.37. The van der Waals surface area contributed by atoms with Crippen molar-refractivity contribution < 1.29 is 17.9 Å². The molecule has 3 N–H and O–H groups in total. The van der Waals surface area contributed by atoms with E-state index in [4.69, 9.17) is 17.4 Å². The van der Waals surface area contributed by atoms with Crippen LogP contribution in [0.4, 0.5) is 13.2 Å². The van der Waals surface area contributed by atoms with Gasteiger partial charge in [-0.2, -0.15) is 13.2 Å². The molecule has 0 bridgehead atoms. The second-order valence-corrected chi connectivity index (χ2v) is 4.59. The van der Waals surface area contributed by atoms with Gasteiger partial charge in [-0.15, -0.1) is 0 Å². The van der Waals surface area contributed by atoms with E-state index in [2.05, 4.69) is 10.2 Å². The summed E-state index contributed by atoms with van der Waals surface area (Å²) in [6.07, 6.45) is -3.29. The van der Waals surface area contributed by atoms with Crippen molar-refractivity contribution in [2.45, 2.75) is 25.1 Å². The Labute approximate surface area is 114 Å². The number of hydrogen-bond acceptors (Lipinski definition) is 3. The van der Waals surface area contributed by atoms with E-state index >= 15 is 0 Å². The molecule has 0 radical (unpaired) electrons. The van der Waals surface area contributed by atoms with E-state index in [0.717, 1.165) is 5.56 Å². The number of ether oxygens (including phenoxy) is 1. The number of hydrazine groups is 1. The molecule has 1 atom stereocenters. The maximum atomic E-state index is 11.9. The van der Waals surface area contributed by atoms with Crippen LogP contribution in [0.2, 0.25) is 5.02 Å². The first-order chi connectivity index (χ1) is 8.90. The molecule has 0 fully saturated rings. The molecule has 0 spiro atoms. The summed E-state index contributed by atoms with van der Waals surface area (Å²) < 4.78 is 40.2. The Morgan fingerprint density at radius 3 is 2.42 bits per heavy atom. The molecule has 1 unspecified atom stereocenters. The molecule has 0 amide bonds. The van der Waals surface area contributed by atoms with E-state index in [9.17, 15) is 13.2 Å². The highest BCUT2D eigenvalue weighted by atomic mass is 35.5. The normalized spacial score (nSPS) is 13.5. The average Bonchev–Trinajstić information content (AvgIpc) is 2.34. The van der Waals surface area contributed by atoms with E-state index in [0.29, 0.717) is 17.9 Å². The second kappa shape index (κ2) is 7.69. The van der Waals surface area contributed by atoms with Gasteiger partial charge in [0.25, 0.3) is 0 Å². The Morgan fingerprint density at radius 1 is 1.26 bits per heavy atom. The summed E-state index contributed by atoms with van der Waals surface area (Å²) in [6, 6.07) is 7.07. The van der Waals surface area contributed by atoms with Crippen molar-refractivity contribution in [2.24, 2.45) is 5.84 Å². The first-order valence-electron chi connectivity index (χ1n) is 5.76.